The zero-order valence-electron chi connectivity index (χ0n) is 13.0. The molecule has 2 aliphatic carbocycles. The van der Waals surface area contributed by atoms with Crippen LogP contribution in [-0.2, 0) is 0 Å². The van der Waals surface area contributed by atoms with Gasteiger partial charge in [-0.15, -0.1) is 0 Å². The molecule has 1 aliphatic heterocycles. The zero-order valence-corrected chi connectivity index (χ0v) is 13.0. The molecule has 1 N–H and O–H groups in total. The summed E-state index contributed by atoms with van der Waals surface area (Å²) in [6, 6.07) is 3.75. The summed E-state index contributed by atoms with van der Waals surface area (Å²) in [4.78, 5) is 18.8. The molecule has 0 spiro atoms. The minimum atomic E-state index is -0.00464. The Hall–Kier alpha value is -2.37. The summed E-state index contributed by atoms with van der Waals surface area (Å²) < 4.78 is 1.70. The molecule has 0 aromatic carbocycles. The second-order valence-corrected chi connectivity index (χ2v) is 6.99. The Morgan fingerprint density at radius 2 is 1.96 bits per heavy atom. The Balaban J connectivity index is 1.31. The van der Waals surface area contributed by atoms with Crippen molar-refractivity contribution in [2.45, 2.75) is 13.3 Å². The lowest BCUT2D eigenvalue weighted by molar-refractivity contribution is 0.217. The lowest BCUT2D eigenvalue weighted by Gasteiger charge is -2.19. The number of hydrogen-bond acceptors (Lipinski definition) is 3. The average molecular weight is 309 g/mol. The molecule has 0 radical (unpaired) electrons. The van der Waals surface area contributed by atoms with Gasteiger partial charge in [0.05, 0.1) is 11.9 Å². The minimum absolute atomic E-state index is 0.00464. The van der Waals surface area contributed by atoms with E-state index in [9.17, 15) is 4.79 Å². The molecular weight excluding hydrogens is 290 g/mol. The monoisotopic (exact) mass is 309 g/mol. The average Bonchev–Trinajstić information content (AvgIpc) is 3.26. The maximum atomic E-state index is 12.6. The van der Waals surface area contributed by atoms with Crippen LogP contribution >= 0.6 is 0 Å². The van der Waals surface area contributed by atoms with Crippen LogP contribution in [0.25, 0.3) is 5.65 Å². The normalized spacial score (nSPS) is 31.1. The molecule has 2 fully saturated rings. The van der Waals surface area contributed by atoms with Crippen LogP contribution in [0.2, 0.25) is 0 Å². The van der Waals surface area contributed by atoms with Gasteiger partial charge in [0.2, 0.25) is 0 Å². The van der Waals surface area contributed by atoms with E-state index in [1.54, 1.807) is 4.52 Å². The number of allylic oxidation sites excluding steroid dienone is 2. The van der Waals surface area contributed by atoms with E-state index in [2.05, 4.69) is 27.6 Å². The highest BCUT2D eigenvalue weighted by molar-refractivity contribution is 5.89. The highest BCUT2D eigenvalue weighted by atomic mass is 16.2. The lowest BCUT2D eigenvalue weighted by Crippen LogP contribution is -2.34. The van der Waals surface area contributed by atoms with Crippen molar-refractivity contribution in [1.82, 2.24) is 19.5 Å². The molecule has 3 aliphatic rings. The Morgan fingerprint density at radius 3 is 2.70 bits per heavy atom. The number of aromatic nitrogens is 3. The van der Waals surface area contributed by atoms with Crippen molar-refractivity contribution >= 4 is 17.4 Å². The van der Waals surface area contributed by atoms with Gasteiger partial charge >= 0.3 is 6.03 Å². The Labute approximate surface area is 134 Å². The van der Waals surface area contributed by atoms with E-state index in [1.807, 2.05) is 30.2 Å². The molecule has 118 valence electrons. The summed E-state index contributed by atoms with van der Waals surface area (Å²) in [5.41, 5.74) is 1.55. The first-order valence-corrected chi connectivity index (χ1v) is 8.25. The first-order valence-electron chi connectivity index (χ1n) is 8.25. The van der Waals surface area contributed by atoms with Crippen LogP contribution in [0, 0.1) is 30.6 Å². The van der Waals surface area contributed by atoms with E-state index in [0.717, 1.165) is 30.2 Å². The predicted octanol–water partition coefficient (Wildman–Crippen LogP) is 2.32. The summed E-state index contributed by atoms with van der Waals surface area (Å²) in [6.07, 6.45) is 7.82. The summed E-state index contributed by atoms with van der Waals surface area (Å²) in [7, 11) is 0. The van der Waals surface area contributed by atoms with Gasteiger partial charge in [0, 0.05) is 13.1 Å². The number of pyridine rings is 1. The molecule has 4 atom stereocenters. The van der Waals surface area contributed by atoms with E-state index in [4.69, 9.17) is 0 Å². The second kappa shape index (κ2) is 4.57. The molecule has 5 rings (SSSR count). The number of nitrogens with zero attached hydrogens (tertiary/aromatic N) is 4. The molecular formula is C17H19N5O. The number of rotatable bonds is 1. The molecule has 6 heteroatoms. The van der Waals surface area contributed by atoms with Crippen LogP contribution in [0.3, 0.4) is 0 Å². The minimum Gasteiger partial charge on any atom is -0.324 e. The summed E-state index contributed by atoms with van der Waals surface area (Å²) in [5.74, 6) is 3.44. The van der Waals surface area contributed by atoms with Gasteiger partial charge in [-0.25, -0.2) is 14.3 Å². The molecule has 23 heavy (non-hydrogen) atoms. The topological polar surface area (TPSA) is 62.5 Å². The van der Waals surface area contributed by atoms with Gasteiger partial charge in [-0.05, 0) is 49.1 Å². The third-order valence-corrected chi connectivity index (χ3v) is 5.64. The number of anilines is 1. The summed E-state index contributed by atoms with van der Waals surface area (Å²) in [5, 5.41) is 7.29. The van der Waals surface area contributed by atoms with Crippen LogP contribution in [-0.4, -0.2) is 38.6 Å². The smallest absolute Gasteiger partial charge is 0.321 e. The van der Waals surface area contributed by atoms with Crippen LogP contribution < -0.4 is 5.32 Å². The molecule has 1 saturated carbocycles. The number of nitrogens with one attached hydrogen (secondary N) is 1. The lowest BCUT2D eigenvalue weighted by atomic mass is 9.86. The van der Waals surface area contributed by atoms with Crippen molar-refractivity contribution in [3.05, 3.63) is 36.3 Å². The molecule has 2 aromatic rings. The highest BCUT2D eigenvalue weighted by Gasteiger charge is 2.50. The number of aryl methyl sites for hydroxylation is 1. The van der Waals surface area contributed by atoms with E-state index in [-0.39, 0.29) is 6.03 Å². The van der Waals surface area contributed by atoms with Gasteiger partial charge in [-0.3, -0.25) is 0 Å². The third kappa shape index (κ3) is 1.97. The van der Waals surface area contributed by atoms with Crippen LogP contribution in [0.4, 0.5) is 10.5 Å². The Morgan fingerprint density at radius 1 is 1.22 bits per heavy atom. The van der Waals surface area contributed by atoms with Gasteiger partial charge in [0.15, 0.2) is 5.65 Å². The van der Waals surface area contributed by atoms with E-state index in [1.165, 1.54) is 6.42 Å². The van der Waals surface area contributed by atoms with Gasteiger partial charge in [-0.2, -0.15) is 5.10 Å². The van der Waals surface area contributed by atoms with Crippen molar-refractivity contribution in [3.63, 3.8) is 0 Å². The number of carbonyl (C=O) groups excluding carboxylic acids is 1. The number of hydrogen-bond donors (Lipinski definition) is 1. The van der Waals surface area contributed by atoms with E-state index < -0.39 is 0 Å². The fourth-order valence-corrected chi connectivity index (χ4v) is 4.59. The number of fused-ring (bicyclic) bond motifs is 6. The van der Waals surface area contributed by atoms with Crippen LogP contribution in [0.5, 0.6) is 0 Å². The third-order valence-electron chi connectivity index (χ3n) is 5.64. The van der Waals surface area contributed by atoms with Crippen molar-refractivity contribution in [2.75, 3.05) is 18.4 Å². The van der Waals surface area contributed by atoms with E-state index >= 15 is 0 Å². The quantitative estimate of drug-likeness (QED) is 0.822. The largest absolute Gasteiger partial charge is 0.324 e. The van der Waals surface area contributed by atoms with Crippen molar-refractivity contribution in [1.29, 1.82) is 0 Å². The van der Waals surface area contributed by atoms with Crippen LogP contribution in [0.15, 0.2) is 30.5 Å². The van der Waals surface area contributed by atoms with Crippen molar-refractivity contribution in [2.24, 2.45) is 23.7 Å². The molecule has 6 nitrogen and oxygen atoms in total. The molecule has 2 amide bonds. The molecule has 2 aromatic heterocycles. The standard InChI is InChI=1S/C17H19N5O/c1-10-18-16-5-4-13(7-22(16)20-10)19-17(23)21-8-14-11-2-3-12(6-11)15(14)9-21/h2-5,7,11-12,14-15H,6,8-9H2,1H3,(H,19,23)/t11?,12?,14-,15+. The van der Waals surface area contributed by atoms with Crippen LogP contribution in [0.1, 0.15) is 12.2 Å². The van der Waals surface area contributed by atoms with Gasteiger partial charge < -0.3 is 10.2 Å². The van der Waals surface area contributed by atoms with Crippen molar-refractivity contribution < 1.29 is 4.79 Å². The SMILES string of the molecule is Cc1nc2ccc(NC(=O)N3C[C@@H]4C5C=CC(C5)[C@@H]4C3)cn2n1. The predicted molar refractivity (Wildman–Crippen MR) is 86.0 cm³/mol. The number of amides is 2. The molecule has 1 saturated heterocycles. The van der Waals surface area contributed by atoms with E-state index in [0.29, 0.717) is 23.7 Å². The number of urea groups is 1. The first-order chi connectivity index (χ1) is 11.2. The molecule has 3 heterocycles. The fraction of sp³-hybridized carbons (Fsp3) is 0.471. The molecule has 2 unspecified atom stereocenters. The molecule has 2 bridgehead atoms. The Bertz CT molecular complexity index is 805. The van der Waals surface area contributed by atoms with Crippen molar-refractivity contribution in [3.8, 4) is 0 Å². The summed E-state index contributed by atoms with van der Waals surface area (Å²) in [6.45, 7) is 3.62. The van der Waals surface area contributed by atoms with Gasteiger partial charge in [-0.1, -0.05) is 12.2 Å². The van der Waals surface area contributed by atoms with Gasteiger partial charge in [0.1, 0.15) is 5.82 Å². The summed E-state index contributed by atoms with van der Waals surface area (Å²) >= 11 is 0. The number of likely N-dealkylation sites (tertiary alicyclic amines) is 1. The first kappa shape index (κ1) is 13.1. The maximum Gasteiger partial charge on any atom is 0.321 e. The van der Waals surface area contributed by atoms with Gasteiger partial charge in [0.25, 0.3) is 0 Å². The number of carbonyl (C=O) groups is 1. The fourth-order valence-electron chi connectivity index (χ4n) is 4.59. The maximum absolute atomic E-state index is 12.6. The highest BCUT2D eigenvalue weighted by Crippen LogP contribution is 2.51. The zero-order chi connectivity index (χ0) is 15.6. The second-order valence-electron chi connectivity index (χ2n) is 6.99. The Kier molecular flexibility index (Phi) is 2.60.